The Balaban J connectivity index is 3.00. The summed E-state index contributed by atoms with van der Waals surface area (Å²) in [6.07, 6.45) is -0.499. The molecule has 0 aliphatic carbocycles. The normalized spacial score (nSPS) is 11.9. The van der Waals surface area contributed by atoms with Gasteiger partial charge in [-0.15, -0.1) is 0 Å². The van der Waals surface area contributed by atoms with Crippen LogP contribution in [0.2, 0.25) is 0 Å². The van der Waals surface area contributed by atoms with Gasteiger partial charge >= 0.3 is 0 Å². The Labute approximate surface area is 83.6 Å². The number of para-hydroxylation sites is 1. The summed E-state index contributed by atoms with van der Waals surface area (Å²) in [5.74, 6) is 0.615. The third-order valence-electron chi connectivity index (χ3n) is 1.94. The molecule has 0 aromatic heterocycles. The van der Waals surface area contributed by atoms with Gasteiger partial charge in [0.2, 0.25) is 0 Å². The number of aryl methyl sites for hydroxylation is 1. The van der Waals surface area contributed by atoms with Crippen LogP contribution < -0.4 is 4.74 Å². The highest BCUT2D eigenvalue weighted by Gasteiger charge is 2.09. The summed E-state index contributed by atoms with van der Waals surface area (Å²) in [4.78, 5) is 0. The molecule has 0 amide bonds. The molecule has 0 aliphatic heterocycles. The van der Waals surface area contributed by atoms with Crippen LogP contribution in [0.15, 0.2) is 18.2 Å². The van der Waals surface area contributed by atoms with E-state index in [1.54, 1.807) is 13.0 Å². The van der Waals surface area contributed by atoms with Gasteiger partial charge in [-0.1, -0.05) is 18.2 Å². The molecule has 0 fully saturated rings. The Kier molecular flexibility index (Phi) is 3.49. The number of ether oxygens (including phenoxy) is 1. The first-order valence-electron chi connectivity index (χ1n) is 4.44. The minimum atomic E-state index is -0.499. The van der Waals surface area contributed by atoms with Crippen molar-refractivity contribution in [2.45, 2.75) is 26.6 Å². The molecule has 0 saturated heterocycles. The number of aliphatic hydroxyl groups is 1. The molecule has 3 heteroatoms. The molecule has 0 heterocycles. The Morgan fingerprint density at radius 3 is 2.86 bits per heavy atom. The lowest BCUT2D eigenvalue weighted by atomic mass is 10.1. The minimum absolute atomic E-state index is 0.0742. The van der Waals surface area contributed by atoms with Gasteiger partial charge in [0.25, 0.3) is 0 Å². The third kappa shape index (κ3) is 2.24. The maximum Gasteiger partial charge on any atom is 0.181 e. The van der Waals surface area contributed by atoms with Crippen LogP contribution in [-0.2, 0) is 6.61 Å². The summed E-state index contributed by atoms with van der Waals surface area (Å²) in [5.41, 5.74) is 1.64. The number of benzene rings is 1. The van der Waals surface area contributed by atoms with Gasteiger partial charge in [0, 0.05) is 5.56 Å². The van der Waals surface area contributed by atoms with Crippen LogP contribution in [0.5, 0.6) is 5.75 Å². The van der Waals surface area contributed by atoms with Gasteiger partial charge in [-0.25, -0.2) is 0 Å². The number of hydrogen-bond acceptors (Lipinski definition) is 3. The number of nitriles is 1. The van der Waals surface area contributed by atoms with Crippen molar-refractivity contribution in [1.29, 1.82) is 5.26 Å². The van der Waals surface area contributed by atoms with Gasteiger partial charge in [-0.05, 0) is 19.4 Å². The second kappa shape index (κ2) is 4.64. The van der Waals surface area contributed by atoms with Crippen LogP contribution in [0, 0.1) is 18.3 Å². The average Bonchev–Trinajstić information content (AvgIpc) is 2.20. The van der Waals surface area contributed by atoms with Crippen molar-refractivity contribution < 1.29 is 9.84 Å². The van der Waals surface area contributed by atoms with E-state index in [4.69, 9.17) is 15.1 Å². The molecule has 1 aromatic rings. The largest absolute Gasteiger partial charge is 0.475 e. The predicted molar refractivity (Wildman–Crippen MR) is 52.8 cm³/mol. The van der Waals surface area contributed by atoms with Crippen LogP contribution in [0.3, 0.4) is 0 Å². The van der Waals surface area contributed by atoms with E-state index in [9.17, 15) is 0 Å². The zero-order valence-electron chi connectivity index (χ0n) is 8.32. The molecular weight excluding hydrogens is 178 g/mol. The molecule has 0 saturated carbocycles. The molecule has 0 spiro atoms. The van der Waals surface area contributed by atoms with Crippen molar-refractivity contribution in [2.24, 2.45) is 0 Å². The highest BCUT2D eigenvalue weighted by molar-refractivity contribution is 5.40. The lowest BCUT2D eigenvalue weighted by Crippen LogP contribution is -2.10. The Hall–Kier alpha value is -1.53. The zero-order valence-corrected chi connectivity index (χ0v) is 8.32. The fourth-order valence-electron chi connectivity index (χ4n) is 1.21. The Bertz CT molecular complexity index is 355. The summed E-state index contributed by atoms with van der Waals surface area (Å²) >= 11 is 0. The lowest BCUT2D eigenvalue weighted by Gasteiger charge is -2.13. The van der Waals surface area contributed by atoms with Crippen molar-refractivity contribution in [2.75, 3.05) is 0 Å². The van der Waals surface area contributed by atoms with Crippen molar-refractivity contribution >= 4 is 0 Å². The second-order valence-electron chi connectivity index (χ2n) is 3.11. The molecular formula is C11H13NO2. The number of aliphatic hydroxyl groups excluding tert-OH is 1. The smallest absolute Gasteiger partial charge is 0.181 e. The Morgan fingerprint density at radius 2 is 2.29 bits per heavy atom. The summed E-state index contributed by atoms with van der Waals surface area (Å²) in [6.45, 7) is 3.49. The average molecular weight is 191 g/mol. The molecule has 1 aromatic carbocycles. The van der Waals surface area contributed by atoms with E-state index in [1.807, 2.05) is 25.1 Å². The van der Waals surface area contributed by atoms with Crippen LogP contribution in [0.1, 0.15) is 18.1 Å². The van der Waals surface area contributed by atoms with Crippen molar-refractivity contribution in [3.63, 3.8) is 0 Å². The van der Waals surface area contributed by atoms with E-state index >= 15 is 0 Å². The van der Waals surface area contributed by atoms with Crippen LogP contribution >= 0.6 is 0 Å². The molecule has 0 bridgehead atoms. The maximum absolute atomic E-state index is 9.07. The van der Waals surface area contributed by atoms with Gasteiger partial charge in [0.1, 0.15) is 11.8 Å². The second-order valence-corrected chi connectivity index (χ2v) is 3.11. The van der Waals surface area contributed by atoms with Gasteiger partial charge in [0.15, 0.2) is 6.10 Å². The van der Waals surface area contributed by atoms with Gasteiger partial charge in [-0.2, -0.15) is 5.26 Å². The van der Waals surface area contributed by atoms with Gasteiger partial charge < -0.3 is 9.84 Å². The Morgan fingerprint density at radius 1 is 1.57 bits per heavy atom. The summed E-state index contributed by atoms with van der Waals surface area (Å²) in [6, 6.07) is 7.51. The van der Waals surface area contributed by atoms with Crippen molar-refractivity contribution in [3.8, 4) is 11.8 Å². The SMILES string of the molecule is Cc1cccc(CO)c1OC(C)C#N. The van der Waals surface area contributed by atoms with Crippen molar-refractivity contribution in [3.05, 3.63) is 29.3 Å². The van der Waals surface area contributed by atoms with E-state index in [0.717, 1.165) is 5.56 Å². The van der Waals surface area contributed by atoms with Crippen LogP contribution in [0.4, 0.5) is 0 Å². The maximum atomic E-state index is 9.07. The molecule has 0 aliphatic rings. The fraction of sp³-hybridized carbons (Fsp3) is 0.364. The molecule has 1 atom stereocenters. The molecule has 1 rings (SSSR count). The van der Waals surface area contributed by atoms with Gasteiger partial charge in [-0.3, -0.25) is 0 Å². The number of rotatable bonds is 3. The fourth-order valence-corrected chi connectivity index (χ4v) is 1.21. The van der Waals surface area contributed by atoms with Crippen LogP contribution in [-0.4, -0.2) is 11.2 Å². The highest BCUT2D eigenvalue weighted by atomic mass is 16.5. The molecule has 1 unspecified atom stereocenters. The molecule has 74 valence electrons. The molecule has 14 heavy (non-hydrogen) atoms. The van der Waals surface area contributed by atoms with E-state index in [0.29, 0.717) is 11.3 Å². The monoisotopic (exact) mass is 191 g/mol. The van der Waals surface area contributed by atoms with Crippen molar-refractivity contribution in [1.82, 2.24) is 0 Å². The third-order valence-corrected chi connectivity index (χ3v) is 1.94. The predicted octanol–water partition coefficient (Wildman–Crippen LogP) is 1.78. The topological polar surface area (TPSA) is 53.2 Å². The van der Waals surface area contributed by atoms with Gasteiger partial charge in [0.05, 0.1) is 6.61 Å². The summed E-state index contributed by atoms with van der Waals surface area (Å²) < 4.78 is 5.40. The first kappa shape index (κ1) is 10.6. The highest BCUT2D eigenvalue weighted by Crippen LogP contribution is 2.24. The minimum Gasteiger partial charge on any atom is -0.475 e. The number of hydrogen-bond donors (Lipinski definition) is 1. The standard InChI is InChI=1S/C11H13NO2/c1-8-4-3-5-10(7-13)11(8)14-9(2)6-12/h3-5,9,13H,7H2,1-2H3. The molecule has 0 radical (unpaired) electrons. The lowest BCUT2D eigenvalue weighted by molar-refractivity contribution is 0.246. The molecule has 1 N–H and O–H groups in total. The van der Waals surface area contributed by atoms with Crippen LogP contribution in [0.25, 0.3) is 0 Å². The number of nitrogens with zero attached hydrogens (tertiary/aromatic N) is 1. The molecule has 3 nitrogen and oxygen atoms in total. The van der Waals surface area contributed by atoms with E-state index in [1.165, 1.54) is 0 Å². The zero-order chi connectivity index (χ0) is 10.6. The van der Waals surface area contributed by atoms with E-state index < -0.39 is 6.10 Å². The first-order valence-corrected chi connectivity index (χ1v) is 4.44. The summed E-state index contributed by atoms with van der Waals surface area (Å²) in [7, 11) is 0. The summed E-state index contributed by atoms with van der Waals surface area (Å²) in [5, 5.41) is 17.7. The quantitative estimate of drug-likeness (QED) is 0.792. The van der Waals surface area contributed by atoms with E-state index in [2.05, 4.69) is 0 Å². The van der Waals surface area contributed by atoms with E-state index in [-0.39, 0.29) is 6.61 Å². The first-order chi connectivity index (χ1) is 6.69.